The molecule has 3 aromatic rings. The monoisotopic (exact) mass is 408 g/mol. The molecule has 0 aliphatic carbocycles. The molecular formula is C21H20N4O3S. The highest BCUT2D eigenvalue weighted by atomic mass is 32.1. The summed E-state index contributed by atoms with van der Waals surface area (Å²) in [5.74, 6) is 1.47. The van der Waals surface area contributed by atoms with Crippen molar-refractivity contribution in [2.45, 2.75) is 19.8 Å². The van der Waals surface area contributed by atoms with Gasteiger partial charge in [-0.1, -0.05) is 6.07 Å². The van der Waals surface area contributed by atoms with Crippen LogP contribution in [0.15, 0.2) is 47.2 Å². The first kappa shape index (κ1) is 18.9. The third kappa shape index (κ3) is 3.30. The van der Waals surface area contributed by atoms with Crippen molar-refractivity contribution in [3.63, 3.8) is 0 Å². The van der Waals surface area contributed by atoms with Crippen LogP contribution in [0.2, 0.25) is 0 Å². The number of nitrogens with one attached hydrogen (secondary N) is 1. The van der Waals surface area contributed by atoms with Gasteiger partial charge in [0.15, 0.2) is 0 Å². The Morgan fingerprint density at radius 2 is 2.10 bits per heavy atom. The zero-order chi connectivity index (χ0) is 20.4. The number of aromatic amines is 1. The predicted molar refractivity (Wildman–Crippen MR) is 110 cm³/mol. The zero-order valence-electron chi connectivity index (χ0n) is 16.1. The maximum Gasteiger partial charge on any atom is 0.244 e. The number of allylic oxidation sites excluding steroid dienone is 1. The van der Waals surface area contributed by atoms with Gasteiger partial charge in [0.05, 0.1) is 30.4 Å². The van der Waals surface area contributed by atoms with Gasteiger partial charge in [0.1, 0.15) is 23.1 Å². The third-order valence-electron chi connectivity index (χ3n) is 4.60. The fourth-order valence-electron chi connectivity index (χ4n) is 3.43. The fourth-order valence-corrected chi connectivity index (χ4v) is 4.27. The molecular weight excluding hydrogens is 388 g/mol. The Bertz CT molecular complexity index is 1100. The summed E-state index contributed by atoms with van der Waals surface area (Å²) in [6, 6.07) is 11.8. The van der Waals surface area contributed by atoms with E-state index in [9.17, 15) is 5.26 Å². The molecule has 3 heterocycles. The lowest BCUT2D eigenvalue weighted by atomic mass is 9.87. The van der Waals surface area contributed by atoms with E-state index in [2.05, 4.69) is 16.3 Å². The summed E-state index contributed by atoms with van der Waals surface area (Å²) in [6.45, 7) is 4.92. The number of nitrogens with two attached hydrogens (primary N) is 1. The van der Waals surface area contributed by atoms with Gasteiger partial charge in [-0.15, -0.1) is 16.4 Å². The minimum absolute atomic E-state index is 0.0770. The molecule has 1 aliphatic rings. The summed E-state index contributed by atoms with van der Waals surface area (Å²) in [5, 5.41) is 19.1. The summed E-state index contributed by atoms with van der Waals surface area (Å²) in [5.41, 5.74) is 8.70. The topological polar surface area (TPSA) is 106 Å². The summed E-state index contributed by atoms with van der Waals surface area (Å²) in [6.07, 6.45) is 0. The van der Waals surface area contributed by atoms with Crippen LogP contribution >= 0.6 is 11.3 Å². The molecule has 0 bridgehead atoms. The Morgan fingerprint density at radius 1 is 1.28 bits per heavy atom. The second-order valence-electron chi connectivity index (χ2n) is 6.28. The number of nitriles is 1. The number of benzene rings is 1. The lowest BCUT2D eigenvalue weighted by molar-refractivity contribution is 0.324. The molecule has 1 unspecified atom stereocenters. The summed E-state index contributed by atoms with van der Waals surface area (Å²) < 4.78 is 17.1. The Hall–Kier alpha value is -3.44. The van der Waals surface area contributed by atoms with Gasteiger partial charge >= 0.3 is 0 Å². The second kappa shape index (κ2) is 7.89. The van der Waals surface area contributed by atoms with Crippen molar-refractivity contribution in [3.8, 4) is 34.7 Å². The van der Waals surface area contributed by atoms with Crippen LogP contribution in [0.25, 0.3) is 11.3 Å². The molecule has 0 spiro atoms. The molecule has 29 heavy (non-hydrogen) atoms. The van der Waals surface area contributed by atoms with E-state index >= 15 is 0 Å². The Balaban J connectivity index is 1.90. The van der Waals surface area contributed by atoms with Gasteiger partial charge in [-0.2, -0.15) is 5.26 Å². The van der Waals surface area contributed by atoms with Crippen LogP contribution in [0.3, 0.4) is 0 Å². The third-order valence-corrected chi connectivity index (χ3v) is 5.54. The van der Waals surface area contributed by atoms with Crippen molar-refractivity contribution in [2.75, 3.05) is 13.2 Å². The minimum atomic E-state index is -0.362. The van der Waals surface area contributed by atoms with Gasteiger partial charge in [-0.3, -0.25) is 5.10 Å². The molecule has 1 atom stereocenters. The number of ether oxygens (including phenoxy) is 3. The molecule has 0 radical (unpaired) electrons. The maximum atomic E-state index is 9.75. The smallest absolute Gasteiger partial charge is 0.244 e. The summed E-state index contributed by atoms with van der Waals surface area (Å²) in [4.78, 5) is 0.987. The molecule has 148 valence electrons. The maximum absolute atomic E-state index is 9.75. The van der Waals surface area contributed by atoms with E-state index in [1.54, 1.807) is 11.3 Å². The highest BCUT2D eigenvalue weighted by Gasteiger charge is 2.36. The van der Waals surface area contributed by atoms with E-state index in [1.165, 1.54) is 0 Å². The average Bonchev–Trinajstić information content (AvgIpc) is 3.38. The van der Waals surface area contributed by atoms with E-state index in [4.69, 9.17) is 19.9 Å². The molecule has 3 N–H and O–H groups in total. The summed E-state index contributed by atoms with van der Waals surface area (Å²) in [7, 11) is 0. The van der Waals surface area contributed by atoms with E-state index < -0.39 is 0 Å². The van der Waals surface area contributed by atoms with Crippen LogP contribution < -0.4 is 19.9 Å². The summed E-state index contributed by atoms with van der Waals surface area (Å²) >= 11 is 1.56. The van der Waals surface area contributed by atoms with Crippen molar-refractivity contribution < 1.29 is 14.2 Å². The lowest BCUT2D eigenvalue weighted by Crippen LogP contribution is -2.20. The van der Waals surface area contributed by atoms with Crippen LogP contribution in [0.5, 0.6) is 17.4 Å². The van der Waals surface area contributed by atoms with Crippen molar-refractivity contribution in [1.82, 2.24) is 10.2 Å². The van der Waals surface area contributed by atoms with Crippen molar-refractivity contribution in [3.05, 3.63) is 57.6 Å². The van der Waals surface area contributed by atoms with Crippen molar-refractivity contribution >= 4 is 11.3 Å². The number of thiophene rings is 1. The first-order chi connectivity index (χ1) is 14.2. The van der Waals surface area contributed by atoms with Gasteiger partial charge in [0.25, 0.3) is 0 Å². The van der Waals surface area contributed by atoms with E-state index in [-0.39, 0.29) is 11.8 Å². The number of nitrogens with zero attached hydrogens (tertiary/aromatic N) is 2. The van der Waals surface area contributed by atoms with Crippen LogP contribution in [0.1, 0.15) is 30.2 Å². The number of hydrogen-bond acceptors (Lipinski definition) is 7. The van der Waals surface area contributed by atoms with Crippen LogP contribution in [0.4, 0.5) is 0 Å². The molecule has 7 nitrogen and oxygen atoms in total. The van der Waals surface area contributed by atoms with Gasteiger partial charge in [0.2, 0.25) is 11.8 Å². The van der Waals surface area contributed by atoms with E-state index in [1.807, 2.05) is 49.6 Å². The number of hydrogen-bond donors (Lipinski definition) is 2. The lowest BCUT2D eigenvalue weighted by Gasteiger charge is -2.23. The van der Waals surface area contributed by atoms with E-state index in [0.717, 1.165) is 27.4 Å². The van der Waals surface area contributed by atoms with Crippen LogP contribution in [-0.2, 0) is 0 Å². The number of rotatable bonds is 6. The second-order valence-corrected chi connectivity index (χ2v) is 7.26. The van der Waals surface area contributed by atoms with Gasteiger partial charge < -0.3 is 19.9 Å². The minimum Gasteiger partial charge on any atom is -0.494 e. The number of aromatic nitrogens is 2. The molecule has 0 saturated heterocycles. The van der Waals surface area contributed by atoms with Gasteiger partial charge in [-0.05, 0) is 37.4 Å². The van der Waals surface area contributed by atoms with Crippen LogP contribution in [-0.4, -0.2) is 23.4 Å². The first-order valence-corrected chi connectivity index (χ1v) is 10.1. The molecule has 0 amide bonds. The van der Waals surface area contributed by atoms with Gasteiger partial charge in [0, 0.05) is 16.5 Å². The standard InChI is InChI=1S/C21H20N4O3S/c1-3-26-12-7-8-13(15(10-12)27-4-2)19-18-17(16-6-5-9-29-16)14(11-22)20(23)28-21(18)25-24-19/h5-10,17H,3-4,23H2,1-2H3,(H,24,25). The Labute approximate surface area is 172 Å². The van der Waals surface area contributed by atoms with E-state index in [0.29, 0.717) is 30.4 Å². The molecule has 8 heteroatoms. The Morgan fingerprint density at radius 3 is 2.79 bits per heavy atom. The molecule has 1 aromatic carbocycles. The number of fused-ring (bicyclic) bond motifs is 1. The van der Waals surface area contributed by atoms with Crippen molar-refractivity contribution in [1.29, 1.82) is 5.26 Å². The molecule has 2 aromatic heterocycles. The van der Waals surface area contributed by atoms with Gasteiger partial charge in [-0.25, -0.2) is 0 Å². The highest BCUT2D eigenvalue weighted by Crippen LogP contribution is 2.48. The molecule has 1 aliphatic heterocycles. The largest absolute Gasteiger partial charge is 0.494 e. The normalized spacial score (nSPS) is 15.4. The Kier molecular flexibility index (Phi) is 5.14. The van der Waals surface area contributed by atoms with Crippen molar-refractivity contribution in [2.24, 2.45) is 5.73 Å². The predicted octanol–water partition coefficient (Wildman–Crippen LogP) is 4.15. The zero-order valence-corrected chi connectivity index (χ0v) is 16.9. The average molecular weight is 408 g/mol. The first-order valence-electron chi connectivity index (χ1n) is 9.27. The quantitative estimate of drug-likeness (QED) is 0.634. The molecule has 4 rings (SSSR count). The number of H-pyrrole nitrogens is 1. The molecule has 0 saturated carbocycles. The SMILES string of the molecule is CCOc1ccc(-c2[nH]nc3c2C(c2cccs2)C(C#N)=C(N)O3)c(OCC)c1. The highest BCUT2D eigenvalue weighted by molar-refractivity contribution is 7.10. The fraction of sp³-hybridized carbons (Fsp3) is 0.238. The molecule has 0 fully saturated rings. The van der Waals surface area contributed by atoms with Crippen LogP contribution in [0, 0.1) is 11.3 Å².